The first-order valence-electron chi connectivity index (χ1n) is 2.86. The summed E-state index contributed by atoms with van der Waals surface area (Å²) < 4.78 is 17.6. The second kappa shape index (κ2) is 2.25. The van der Waals surface area contributed by atoms with Crippen molar-refractivity contribution < 1.29 is 13.6 Å². The third-order valence-electron chi connectivity index (χ3n) is 1.22. The Morgan fingerprint density at radius 1 is 1.80 bits per heavy atom. The van der Waals surface area contributed by atoms with Crippen LogP contribution in [0.2, 0.25) is 0 Å². The van der Waals surface area contributed by atoms with Crippen LogP contribution in [-0.2, 0) is 10.5 Å². The first-order valence-corrected chi connectivity index (χ1v) is 2.86. The highest BCUT2D eigenvalue weighted by Gasteiger charge is 2.27. The maximum Gasteiger partial charge on any atom is 0.219 e. The molecule has 0 aliphatic carbocycles. The number of halogens is 1. The highest BCUT2D eigenvalue weighted by molar-refractivity contribution is 5.63. The van der Waals surface area contributed by atoms with E-state index in [-0.39, 0.29) is 12.0 Å². The molecule has 3 heteroatoms. The van der Waals surface area contributed by atoms with Crippen molar-refractivity contribution in [2.45, 2.75) is 12.6 Å². The van der Waals surface area contributed by atoms with Crippen LogP contribution in [0.4, 0.5) is 4.39 Å². The summed E-state index contributed by atoms with van der Waals surface area (Å²) in [6.07, 6.45) is 1.54. The van der Waals surface area contributed by atoms with Gasteiger partial charge >= 0.3 is 0 Å². The van der Waals surface area contributed by atoms with E-state index in [1.807, 2.05) is 0 Å². The van der Waals surface area contributed by atoms with Crippen molar-refractivity contribution in [3.63, 3.8) is 0 Å². The van der Waals surface area contributed by atoms with Crippen molar-refractivity contribution in [2.75, 3.05) is 0 Å². The lowest BCUT2D eigenvalue weighted by atomic mass is 10.1. The summed E-state index contributed by atoms with van der Waals surface area (Å²) in [5.74, 6) is 0.0440. The van der Waals surface area contributed by atoms with Crippen molar-refractivity contribution in [1.82, 2.24) is 0 Å². The van der Waals surface area contributed by atoms with Gasteiger partial charge in [-0.15, -0.1) is 0 Å². The zero-order valence-electron chi connectivity index (χ0n) is 5.50. The minimum absolute atomic E-state index is 0.0440. The van der Waals surface area contributed by atoms with Crippen LogP contribution in [-0.4, -0.2) is 6.29 Å². The highest BCUT2D eigenvalue weighted by atomic mass is 19.1. The lowest BCUT2D eigenvalue weighted by Crippen LogP contribution is -2.15. The number of furan rings is 1. The summed E-state index contributed by atoms with van der Waals surface area (Å²) in [6.45, 7) is 1.15. The molecule has 0 spiro atoms. The monoisotopic (exact) mass is 142 g/mol. The van der Waals surface area contributed by atoms with Crippen molar-refractivity contribution in [3.05, 3.63) is 24.2 Å². The van der Waals surface area contributed by atoms with Gasteiger partial charge in [0.05, 0.1) is 6.26 Å². The van der Waals surface area contributed by atoms with Crippen LogP contribution in [0.25, 0.3) is 0 Å². The van der Waals surface area contributed by atoms with Crippen LogP contribution < -0.4 is 0 Å². The second-order valence-corrected chi connectivity index (χ2v) is 2.17. The molecule has 0 bridgehead atoms. The number of rotatable bonds is 2. The molecular weight excluding hydrogens is 135 g/mol. The molecular formula is C7H7FO2. The molecule has 0 fully saturated rings. The van der Waals surface area contributed by atoms with Crippen molar-refractivity contribution in [3.8, 4) is 0 Å². The van der Waals surface area contributed by atoms with Gasteiger partial charge in [-0.25, -0.2) is 4.39 Å². The SMILES string of the molecule is CC(F)(C=O)c1ccco1. The van der Waals surface area contributed by atoms with Crippen molar-refractivity contribution in [2.24, 2.45) is 0 Å². The Balaban J connectivity index is 2.95. The molecule has 10 heavy (non-hydrogen) atoms. The molecule has 1 aromatic heterocycles. The minimum atomic E-state index is -1.98. The predicted molar refractivity (Wildman–Crippen MR) is 33.2 cm³/mol. The molecule has 0 aliphatic heterocycles. The van der Waals surface area contributed by atoms with Gasteiger partial charge in [0.1, 0.15) is 5.76 Å². The Morgan fingerprint density at radius 2 is 2.50 bits per heavy atom. The number of carbonyl (C=O) groups excluding carboxylic acids is 1. The van der Waals surface area contributed by atoms with Crippen LogP contribution in [0.1, 0.15) is 12.7 Å². The number of alkyl halides is 1. The van der Waals surface area contributed by atoms with E-state index in [1.165, 1.54) is 18.4 Å². The van der Waals surface area contributed by atoms with E-state index in [1.54, 1.807) is 0 Å². The molecule has 1 rings (SSSR count). The zero-order valence-corrected chi connectivity index (χ0v) is 5.50. The molecule has 1 heterocycles. The molecule has 0 saturated carbocycles. The molecule has 1 unspecified atom stereocenters. The molecule has 0 radical (unpaired) electrons. The van der Waals surface area contributed by atoms with Gasteiger partial charge in [-0.1, -0.05) is 0 Å². The predicted octanol–water partition coefficient (Wildman–Crippen LogP) is 1.66. The summed E-state index contributed by atoms with van der Waals surface area (Å²) in [5, 5.41) is 0. The largest absolute Gasteiger partial charge is 0.465 e. The average Bonchev–Trinajstić information content (AvgIpc) is 2.38. The third-order valence-corrected chi connectivity index (χ3v) is 1.22. The van der Waals surface area contributed by atoms with Gasteiger partial charge in [0.15, 0.2) is 6.29 Å². The van der Waals surface area contributed by atoms with E-state index in [9.17, 15) is 9.18 Å². The first kappa shape index (κ1) is 6.99. The zero-order chi connectivity index (χ0) is 7.61. The minimum Gasteiger partial charge on any atom is -0.465 e. The summed E-state index contributed by atoms with van der Waals surface area (Å²) in [6, 6.07) is 2.96. The third kappa shape index (κ3) is 1.07. The van der Waals surface area contributed by atoms with E-state index >= 15 is 0 Å². The first-order chi connectivity index (χ1) is 4.67. The molecule has 0 aliphatic rings. The van der Waals surface area contributed by atoms with Gasteiger partial charge in [0.2, 0.25) is 5.67 Å². The van der Waals surface area contributed by atoms with Crippen LogP contribution in [0.3, 0.4) is 0 Å². The standard InChI is InChI=1S/C7H7FO2/c1-7(8,5-9)6-3-2-4-10-6/h2-5H,1H3. The molecule has 0 N–H and O–H groups in total. The van der Waals surface area contributed by atoms with Crippen molar-refractivity contribution in [1.29, 1.82) is 0 Å². The van der Waals surface area contributed by atoms with Crippen LogP contribution >= 0.6 is 0 Å². The fraction of sp³-hybridized carbons (Fsp3) is 0.286. The van der Waals surface area contributed by atoms with Gasteiger partial charge in [-0.2, -0.15) is 0 Å². The second-order valence-electron chi connectivity index (χ2n) is 2.17. The normalized spacial score (nSPS) is 16.2. The van der Waals surface area contributed by atoms with E-state index in [4.69, 9.17) is 0 Å². The van der Waals surface area contributed by atoms with Crippen molar-refractivity contribution >= 4 is 6.29 Å². The molecule has 0 amide bonds. The maximum atomic E-state index is 12.9. The van der Waals surface area contributed by atoms with E-state index in [2.05, 4.69) is 4.42 Å². The fourth-order valence-corrected chi connectivity index (χ4v) is 0.615. The summed E-state index contributed by atoms with van der Waals surface area (Å²) in [5.41, 5.74) is -1.98. The molecule has 54 valence electrons. The number of hydrogen-bond donors (Lipinski definition) is 0. The van der Waals surface area contributed by atoms with Crippen LogP contribution in [0, 0.1) is 0 Å². The Bertz CT molecular complexity index is 214. The molecule has 2 nitrogen and oxygen atoms in total. The Morgan fingerprint density at radius 3 is 2.90 bits per heavy atom. The lowest BCUT2D eigenvalue weighted by Gasteiger charge is -2.06. The Hall–Kier alpha value is -1.12. The topological polar surface area (TPSA) is 30.2 Å². The number of carbonyl (C=O) groups is 1. The smallest absolute Gasteiger partial charge is 0.219 e. The van der Waals surface area contributed by atoms with Gasteiger partial charge < -0.3 is 4.42 Å². The average molecular weight is 142 g/mol. The van der Waals surface area contributed by atoms with Gasteiger partial charge in [-0.05, 0) is 19.1 Å². The molecule has 0 aromatic carbocycles. The summed E-state index contributed by atoms with van der Waals surface area (Å²) in [7, 11) is 0. The summed E-state index contributed by atoms with van der Waals surface area (Å²) in [4.78, 5) is 10.1. The molecule has 1 aromatic rings. The Labute approximate surface area is 57.6 Å². The lowest BCUT2D eigenvalue weighted by molar-refractivity contribution is -0.118. The van der Waals surface area contributed by atoms with Gasteiger partial charge in [-0.3, -0.25) is 4.79 Å². The summed E-state index contributed by atoms with van der Waals surface area (Å²) >= 11 is 0. The van der Waals surface area contributed by atoms with E-state index in [0.717, 1.165) is 6.92 Å². The van der Waals surface area contributed by atoms with Gasteiger partial charge in [0, 0.05) is 0 Å². The molecule has 0 saturated heterocycles. The maximum absolute atomic E-state index is 12.9. The van der Waals surface area contributed by atoms with E-state index < -0.39 is 5.67 Å². The quantitative estimate of drug-likeness (QED) is 0.588. The fourth-order valence-electron chi connectivity index (χ4n) is 0.615. The number of aldehydes is 1. The highest BCUT2D eigenvalue weighted by Crippen LogP contribution is 2.22. The molecule has 1 atom stereocenters. The number of hydrogen-bond acceptors (Lipinski definition) is 2. The van der Waals surface area contributed by atoms with Gasteiger partial charge in [0.25, 0.3) is 0 Å². The van der Waals surface area contributed by atoms with E-state index in [0.29, 0.717) is 0 Å². The van der Waals surface area contributed by atoms with Crippen LogP contribution in [0.5, 0.6) is 0 Å². The van der Waals surface area contributed by atoms with Crippen LogP contribution in [0.15, 0.2) is 22.8 Å². The Kier molecular flexibility index (Phi) is 1.57.